The second-order valence-corrected chi connectivity index (χ2v) is 8.93. The molecule has 1 saturated carbocycles. The molecule has 3 rings (SSSR count). The van der Waals surface area contributed by atoms with Crippen molar-refractivity contribution in [2.24, 2.45) is 17.1 Å². The van der Waals surface area contributed by atoms with Crippen molar-refractivity contribution in [1.29, 1.82) is 0 Å². The van der Waals surface area contributed by atoms with Crippen LogP contribution >= 0.6 is 27.3 Å². The van der Waals surface area contributed by atoms with E-state index in [4.69, 9.17) is 10.3 Å². The van der Waals surface area contributed by atoms with Gasteiger partial charge in [0.1, 0.15) is 0 Å². The summed E-state index contributed by atoms with van der Waals surface area (Å²) in [7, 11) is 0. The third-order valence-electron chi connectivity index (χ3n) is 5.04. The van der Waals surface area contributed by atoms with Gasteiger partial charge in [-0.3, -0.25) is 0 Å². The highest BCUT2D eigenvalue weighted by Crippen LogP contribution is 2.49. The fraction of sp³-hybridized carbons (Fsp3) is 0.600. The van der Waals surface area contributed by atoms with Gasteiger partial charge in [0.25, 0.3) is 0 Å². The summed E-state index contributed by atoms with van der Waals surface area (Å²) in [4.78, 5) is 5.67. The van der Waals surface area contributed by atoms with E-state index < -0.39 is 0 Å². The van der Waals surface area contributed by atoms with Gasteiger partial charge in [-0.05, 0) is 52.2 Å². The lowest BCUT2D eigenvalue weighted by Gasteiger charge is -2.45. The summed E-state index contributed by atoms with van der Waals surface area (Å²) in [6, 6.07) is 4.27. The standard InChI is InChI=1S/C15H20BrN3OS/c1-8-10(17)5-4-9(15(8,2)3)14-18-13(19-20-14)11-6-7-12(16)21-11/h6-10H,4-5,17H2,1-3H3. The van der Waals surface area contributed by atoms with Gasteiger partial charge in [-0.1, -0.05) is 25.9 Å². The highest BCUT2D eigenvalue weighted by atomic mass is 79.9. The Morgan fingerprint density at radius 3 is 2.81 bits per heavy atom. The lowest BCUT2D eigenvalue weighted by Crippen LogP contribution is -2.45. The second-order valence-electron chi connectivity index (χ2n) is 6.46. The first-order chi connectivity index (χ1) is 9.89. The second kappa shape index (κ2) is 5.48. The van der Waals surface area contributed by atoms with Crippen molar-refractivity contribution >= 4 is 27.3 Å². The largest absolute Gasteiger partial charge is 0.339 e. The number of hydrogen-bond acceptors (Lipinski definition) is 5. The van der Waals surface area contributed by atoms with E-state index in [0.29, 0.717) is 11.7 Å². The molecular formula is C15H20BrN3OS. The molecule has 6 heteroatoms. The summed E-state index contributed by atoms with van der Waals surface area (Å²) >= 11 is 5.08. The van der Waals surface area contributed by atoms with Gasteiger partial charge < -0.3 is 10.3 Å². The maximum Gasteiger partial charge on any atom is 0.230 e. The van der Waals surface area contributed by atoms with E-state index >= 15 is 0 Å². The maximum absolute atomic E-state index is 6.22. The normalized spacial score (nSPS) is 28.7. The van der Waals surface area contributed by atoms with Crippen LogP contribution in [0.15, 0.2) is 20.4 Å². The van der Waals surface area contributed by atoms with E-state index in [1.165, 1.54) is 0 Å². The van der Waals surface area contributed by atoms with Crippen molar-refractivity contribution in [2.75, 3.05) is 0 Å². The first-order valence-corrected chi connectivity index (χ1v) is 8.85. The number of halogens is 1. The predicted molar refractivity (Wildman–Crippen MR) is 88.2 cm³/mol. The first-order valence-electron chi connectivity index (χ1n) is 7.24. The molecule has 4 nitrogen and oxygen atoms in total. The lowest BCUT2D eigenvalue weighted by atomic mass is 9.61. The molecule has 0 spiro atoms. The highest BCUT2D eigenvalue weighted by Gasteiger charge is 2.44. The maximum atomic E-state index is 6.22. The average Bonchev–Trinajstić information content (AvgIpc) is 3.05. The Morgan fingerprint density at radius 1 is 1.38 bits per heavy atom. The molecular weight excluding hydrogens is 350 g/mol. The Morgan fingerprint density at radius 2 is 2.14 bits per heavy atom. The highest BCUT2D eigenvalue weighted by molar-refractivity contribution is 9.11. The monoisotopic (exact) mass is 369 g/mol. The van der Waals surface area contributed by atoms with Gasteiger partial charge in [0.05, 0.1) is 8.66 Å². The quantitative estimate of drug-likeness (QED) is 0.850. The minimum atomic E-state index is 0.0670. The summed E-state index contributed by atoms with van der Waals surface area (Å²) < 4.78 is 6.65. The Kier molecular flexibility index (Phi) is 3.96. The molecule has 3 unspecified atom stereocenters. The van der Waals surface area contributed by atoms with Crippen LogP contribution in [-0.2, 0) is 0 Å². The zero-order chi connectivity index (χ0) is 15.2. The molecule has 0 aliphatic heterocycles. The van der Waals surface area contributed by atoms with Crippen LogP contribution in [0, 0.1) is 11.3 Å². The number of nitrogens with zero attached hydrogens (tertiary/aromatic N) is 2. The van der Waals surface area contributed by atoms with Crippen molar-refractivity contribution in [3.63, 3.8) is 0 Å². The predicted octanol–water partition coefficient (Wildman–Crippen LogP) is 4.43. The van der Waals surface area contributed by atoms with E-state index in [-0.39, 0.29) is 17.4 Å². The van der Waals surface area contributed by atoms with Gasteiger partial charge in [0, 0.05) is 12.0 Å². The minimum absolute atomic E-state index is 0.0670. The number of aromatic nitrogens is 2. The van der Waals surface area contributed by atoms with Gasteiger partial charge in [-0.25, -0.2) is 0 Å². The summed E-state index contributed by atoms with van der Waals surface area (Å²) in [6.07, 6.45) is 2.02. The molecule has 21 heavy (non-hydrogen) atoms. The van der Waals surface area contributed by atoms with Gasteiger partial charge in [-0.2, -0.15) is 4.98 Å². The van der Waals surface area contributed by atoms with Crippen LogP contribution in [0.3, 0.4) is 0 Å². The minimum Gasteiger partial charge on any atom is -0.339 e. The van der Waals surface area contributed by atoms with E-state index in [0.717, 1.165) is 27.4 Å². The molecule has 2 aromatic rings. The van der Waals surface area contributed by atoms with E-state index in [1.807, 2.05) is 12.1 Å². The van der Waals surface area contributed by atoms with Crippen LogP contribution in [0.25, 0.3) is 10.7 Å². The molecule has 114 valence electrons. The molecule has 0 aromatic carbocycles. The van der Waals surface area contributed by atoms with E-state index in [2.05, 4.69) is 46.8 Å². The molecule has 2 heterocycles. The molecule has 0 bridgehead atoms. The third kappa shape index (κ3) is 2.69. The smallest absolute Gasteiger partial charge is 0.230 e. The summed E-state index contributed by atoms with van der Waals surface area (Å²) in [5.41, 5.74) is 6.29. The molecule has 0 radical (unpaired) electrons. The Labute approximate surface area is 137 Å². The molecule has 1 aliphatic rings. The average molecular weight is 370 g/mol. The van der Waals surface area contributed by atoms with Gasteiger partial charge in [-0.15, -0.1) is 11.3 Å². The van der Waals surface area contributed by atoms with Crippen LogP contribution < -0.4 is 5.73 Å². The van der Waals surface area contributed by atoms with Crippen LogP contribution in [-0.4, -0.2) is 16.2 Å². The summed E-state index contributed by atoms with van der Waals surface area (Å²) in [6.45, 7) is 6.74. The fourth-order valence-corrected chi connectivity index (χ4v) is 4.52. The fourth-order valence-electron chi connectivity index (χ4n) is 3.20. The summed E-state index contributed by atoms with van der Waals surface area (Å²) in [5, 5.41) is 4.16. The zero-order valence-corrected chi connectivity index (χ0v) is 14.9. The van der Waals surface area contributed by atoms with Crippen LogP contribution in [0.5, 0.6) is 0 Å². The van der Waals surface area contributed by atoms with E-state index in [9.17, 15) is 0 Å². The van der Waals surface area contributed by atoms with E-state index in [1.54, 1.807) is 11.3 Å². The Hall–Kier alpha value is -0.720. The van der Waals surface area contributed by atoms with Crippen LogP contribution in [0.4, 0.5) is 0 Å². The number of thiophene rings is 1. The third-order valence-corrected chi connectivity index (χ3v) is 6.66. The van der Waals surface area contributed by atoms with Crippen molar-refractivity contribution in [2.45, 2.75) is 45.6 Å². The van der Waals surface area contributed by atoms with Gasteiger partial charge >= 0.3 is 0 Å². The van der Waals surface area contributed by atoms with Crippen LogP contribution in [0.1, 0.15) is 45.4 Å². The number of rotatable bonds is 2. The molecule has 3 atom stereocenters. The Bertz CT molecular complexity index is 636. The molecule has 0 saturated heterocycles. The topological polar surface area (TPSA) is 64.9 Å². The lowest BCUT2D eigenvalue weighted by molar-refractivity contribution is 0.0806. The van der Waals surface area contributed by atoms with Crippen molar-refractivity contribution in [1.82, 2.24) is 10.1 Å². The molecule has 1 fully saturated rings. The van der Waals surface area contributed by atoms with Gasteiger partial charge in [0.15, 0.2) is 0 Å². The van der Waals surface area contributed by atoms with Gasteiger partial charge in [0.2, 0.25) is 11.7 Å². The zero-order valence-electron chi connectivity index (χ0n) is 12.5. The molecule has 2 N–H and O–H groups in total. The Balaban J connectivity index is 1.89. The number of nitrogens with two attached hydrogens (primary N) is 1. The molecule has 1 aliphatic carbocycles. The SMILES string of the molecule is CC1C(N)CCC(c2nc(-c3ccc(Br)s3)no2)C1(C)C. The van der Waals surface area contributed by atoms with Crippen LogP contribution in [0.2, 0.25) is 0 Å². The number of hydrogen-bond donors (Lipinski definition) is 1. The van der Waals surface area contributed by atoms with Crippen molar-refractivity contribution in [3.05, 3.63) is 21.8 Å². The van der Waals surface area contributed by atoms with Crippen molar-refractivity contribution in [3.8, 4) is 10.7 Å². The molecule has 0 amide bonds. The summed E-state index contributed by atoms with van der Waals surface area (Å²) in [5.74, 6) is 2.14. The first kappa shape index (κ1) is 15.2. The molecule has 2 aromatic heterocycles. The van der Waals surface area contributed by atoms with Crippen molar-refractivity contribution < 1.29 is 4.52 Å².